The van der Waals surface area contributed by atoms with Gasteiger partial charge in [-0.15, -0.1) is 11.6 Å². The minimum atomic E-state index is -2.85. The maximum absolute atomic E-state index is 13.2. The van der Waals surface area contributed by atoms with Gasteiger partial charge in [0.2, 0.25) is 0 Å². The van der Waals surface area contributed by atoms with Gasteiger partial charge in [-0.3, -0.25) is 0 Å². The SMILES string of the molecule is N#Cc1ncc(C(F)F)c(CCl)c1F. The second kappa shape index (κ2) is 4.29. The normalized spacial score (nSPS) is 10.3. The van der Waals surface area contributed by atoms with E-state index in [1.54, 1.807) is 0 Å². The van der Waals surface area contributed by atoms with Gasteiger partial charge in [0.25, 0.3) is 6.43 Å². The number of halogens is 4. The minimum Gasteiger partial charge on any atom is -0.242 e. The van der Waals surface area contributed by atoms with Crippen molar-refractivity contribution < 1.29 is 13.2 Å². The van der Waals surface area contributed by atoms with Crippen molar-refractivity contribution in [1.82, 2.24) is 4.98 Å². The first-order valence-electron chi connectivity index (χ1n) is 3.53. The molecule has 0 atom stereocenters. The highest BCUT2D eigenvalue weighted by Crippen LogP contribution is 2.26. The van der Waals surface area contributed by atoms with Crippen molar-refractivity contribution in [1.29, 1.82) is 5.26 Å². The number of alkyl halides is 3. The third-order valence-corrected chi connectivity index (χ3v) is 1.90. The molecule has 0 unspecified atom stereocenters. The van der Waals surface area contributed by atoms with Crippen LogP contribution >= 0.6 is 11.6 Å². The molecular weight excluding hydrogens is 217 g/mol. The highest BCUT2D eigenvalue weighted by atomic mass is 35.5. The third kappa shape index (κ3) is 1.80. The summed E-state index contributed by atoms with van der Waals surface area (Å²) in [5.74, 6) is -1.48. The molecule has 0 saturated carbocycles. The molecule has 0 N–H and O–H groups in total. The van der Waals surface area contributed by atoms with Gasteiger partial charge in [-0.25, -0.2) is 18.2 Å². The quantitative estimate of drug-likeness (QED) is 0.719. The maximum atomic E-state index is 13.2. The Morgan fingerprint density at radius 2 is 2.21 bits per heavy atom. The smallest absolute Gasteiger partial charge is 0.242 e. The Morgan fingerprint density at radius 3 is 2.64 bits per heavy atom. The molecule has 0 aliphatic rings. The first-order valence-corrected chi connectivity index (χ1v) is 4.06. The Balaban J connectivity index is 3.38. The number of rotatable bonds is 2. The number of nitrogens with zero attached hydrogens (tertiary/aromatic N) is 2. The van der Waals surface area contributed by atoms with Gasteiger partial charge in [0, 0.05) is 17.3 Å². The van der Waals surface area contributed by atoms with Crippen molar-refractivity contribution in [3.63, 3.8) is 0 Å². The van der Waals surface area contributed by atoms with Crippen molar-refractivity contribution in [3.8, 4) is 6.07 Å². The van der Waals surface area contributed by atoms with Crippen LogP contribution < -0.4 is 0 Å². The monoisotopic (exact) mass is 220 g/mol. The lowest BCUT2D eigenvalue weighted by atomic mass is 10.1. The molecule has 0 aromatic carbocycles. The first-order chi connectivity index (χ1) is 6.61. The lowest BCUT2D eigenvalue weighted by Crippen LogP contribution is -2.02. The highest BCUT2D eigenvalue weighted by Gasteiger charge is 2.19. The second-order valence-electron chi connectivity index (χ2n) is 2.40. The number of pyridine rings is 1. The molecule has 1 heterocycles. The fourth-order valence-electron chi connectivity index (χ4n) is 0.940. The highest BCUT2D eigenvalue weighted by molar-refractivity contribution is 6.17. The van der Waals surface area contributed by atoms with Crippen LogP contribution in [0, 0.1) is 17.1 Å². The summed E-state index contributed by atoms with van der Waals surface area (Å²) in [6, 6.07) is 1.45. The Bertz CT molecular complexity index is 387. The summed E-state index contributed by atoms with van der Waals surface area (Å²) in [5, 5.41) is 8.38. The van der Waals surface area contributed by atoms with E-state index in [1.165, 1.54) is 6.07 Å². The van der Waals surface area contributed by atoms with Crippen LogP contribution in [0.3, 0.4) is 0 Å². The number of nitriles is 1. The van der Waals surface area contributed by atoms with Crippen LogP contribution in [0.2, 0.25) is 0 Å². The number of aromatic nitrogens is 1. The number of hydrogen-bond donors (Lipinski definition) is 0. The standard InChI is InChI=1S/C8H4ClF3N2/c9-1-4-5(8(11)12)3-14-6(2-13)7(4)10/h3,8H,1H2. The molecule has 0 radical (unpaired) electrons. The lowest BCUT2D eigenvalue weighted by Gasteiger charge is -2.06. The molecule has 0 aliphatic carbocycles. The molecule has 6 heteroatoms. The molecule has 0 saturated heterocycles. The Hall–Kier alpha value is -1.28. The van der Waals surface area contributed by atoms with Gasteiger partial charge < -0.3 is 0 Å². The van der Waals surface area contributed by atoms with Crippen LogP contribution in [-0.4, -0.2) is 4.98 Å². The molecule has 2 nitrogen and oxygen atoms in total. The predicted molar refractivity (Wildman–Crippen MR) is 43.4 cm³/mol. The molecule has 1 aromatic rings. The molecule has 1 aromatic heterocycles. The summed E-state index contributed by atoms with van der Waals surface area (Å²) in [7, 11) is 0. The summed E-state index contributed by atoms with van der Waals surface area (Å²) in [4.78, 5) is 3.25. The Kier molecular flexibility index (Phi) is 3.31. The van der Waals surface area contributed by atoms with Gasteiger partial charge in [-0.1, -0.05) is 0 Å². The third-order valence-electron chi connectivity index (χ3n) is 1.63. The van der Waals surface area contributed by atoms with Gasteiger partial charge in [-0.2, -0.15) is 5.26 Å². The summed E-state index contributed by atoms with van der Waals surface area (Å²) < 4.78 is 37.8. The van der Waals surface area contributed by atoms with Gasteiger partial charge in [0.15, 0.2) is 11.5 Å². The second-order valence-corrected chi connectivity index (χ2v) is 2.67. The van der Waals surface area contributed by atoms with Crippen LogP contribution in [0.4, 0.5) is 13.2 Å². The molecule has 14 heavy (non-hydrogen) atoms. The van der Waals surface area contributed by atoms with Gasteiger partial charge >= 0.3 is 0 Å². The average molecular weight is 221 g/mol. The average Bonchev–Trinajstić information content (AvgIpc) is 2.17. The van der Waals surface area contributed by atoms with E-state index in [9.17, 15) is 13.2 Å². The molecular formula is C8H4ClF3N2. The summed E-state index contributed by atoms with van der Waals surface area (Å²) in [6.45, 7) is 0. The van der Waals surface area contributed by atoms with E-state index in [0.29, 0.717) is 0 Å². The topological polar surface area (TPSA) is 36.7 Å². The predicted octanol–water partition coefficient (Wildman–Crippen LogP) is 2.77. The zero-order valence-corrected chi connectivity index (χ0v) is 7.52. The fourth-order valence-corrected chi connectivity index (χ4v) is 1.21. The van der Waals surface area contributed by atoms with E-state index < -0.39 is 29.4 Å². The van der Waals surface area contributed by atoms with Gasteiger partial charge in [0.1, 0.15) is 6.07 Å². The fraction of sp³-hybridized carbons (Fsp3) is 0.250. The zero-order chi connectivity index (χ0) is 10.7. The van der Waals surface area contributed by atoms with E-state index in [4.69, 9.17) is 16.9 Å². The number of hydrogen-bond acceptors (Lipinski definition) is 2. The van der Waals surface area contributed by atoms with Crippen LogP contribution in [-0.2, 0) is 5.88 Å². The molecule has 0 bridgehead atoms. The Morgan fingerprint density at radius 1 is 1.57 bits per heavy atom. The minimum absolute atomic E-state index is 0.367. The van der Waals surface area contributed by atoms with E-state index in [2.05, 4.69) is 4.98 Å². The van der Waals surface area contributed by atoms with Crippen LogP contribution in [0.5, 0.6) is 0 Å². The zero-order valence-electron chi connectivity index (χ0n) is 6.77. The summed E-state index contributed by atoms with van der Waals surface area (Å²) in [5.41, 5.74) is -1.46. The van der Waals surface area contributed by atoms with E-state index in [0.717, 1.165) is 6.20 Å². The summed E-state index contributed by atoms with van der Waals surface area (Å²) >= 11 is 5.30. The van der Waals surface area contributed by atoms with Crippen molar-refractivity contribution in [2.45, 2.75) is 12.3 Å². The van der Waals surface area contributed by atoms with Crippen LogP contribution in [0.25, 0.3) is 0 Å². The largest absolute Gasteiger partial charge is 0.265 e. The maximum Gasteiger partial charge on any atom is 0.265 e. The van der Waals surface area contributed by atoms with Crippen molar-refractivity contribution in [3.05, 3.63) is 28.8 Å². The van der Waals surface area contributed by atoms with Crippen molar-refractivity contribution in [2.24, 2.45) is 0 Å². The van der Waals surface area contributed by atoms with E-state index >= 15 is 0 Å². The molecule has 0 spiro atoms. The molecule has 74 valence electrons. The van der Waals surface area contributed by atoms with Crippen molar-refractivity contribution >= 4 is 11.6 Å². The Labute approximate surface area is 82.9 Å². The lowest BCUT2D eigenvalue weighted by molar-refractivity contribution is 0.149. The van der Waals surface area contributed by atoms with Crippen LogP contribution in [0.15, 0.2) is 6.20 Å². The molecule has 1 rings (SSSR count). The van der Waals surface area contributed by atoms with E-state index in [-0.39, 0.29) is 5.56 Å². The first kappa shape index (κ1) is 10.8. The van der Waals surface area contributed by atoms with Gasteiger partial charge in [-0.05, 0) is 0 Å². The molecule has 0 fully saturated rings. The molecule has 0 amide bonds. The van der Waals surface area contributed by atoms with Crippen LogP contribution in [0.1, 0.15) is 23.2 Å². The van der Waals surface area contributed by atoms with Gasteiger partial charge in [0.05, 0.1) is 5.88 Å². The van der Waals surface area contributed by atoms with Crippen molar-refractivity contribution in [2.75, 3.05) is 0 Å². The summed E-state index contributed by atoms with van der Waals surface area (Å²) in [6.07, 6.45) is -2.08. The molecule has 0 aliphatic heterocycles. The van der Waals surface area contributed by atoms with E-state index in [1.807, 2.05) is 0 Å².